The number of nitrogens with one attached hydrogen (secondary N) is 3. The second-order valence-corrected chi connectivity index (χ2v) is 28.4. The zero-order valence-corrected chi connectivity index (χ0v) is 53.4. The number of Topliss-reactive ketones (excluding diaryl/α,β-unsaturated/α-hetero) is 3. The Morgan fingerprint density at radius 3 is 2.00 bits per heavy atom. The summed E-state index contributed by atoms with van der Waals surface area (Å²) in [5.41, 5.74) is 0.0271. The fraction of sp³-hybridized carbons (Fsp3) is 0.609. The predicted octanol–water partition coefficient (Wildman–Crippen LogP) is 9.85. The molecule has 2 heterocycles. The van der Waals surface area contributed by atoms with E-state index in [4.69, 9.17) is 9.47 Å². The largest absolute Gasteiger partial charge is 0.508 e. The molecule has 5 aliphatic rings. The topological polar surface area (TPSA) is 269 Å². The Morgan fingerprint density at radius 1 is 0.705 bits per heavy atom. The summed E-state index contributed by atoms with van der Waals surface area (Å²) < 4.78 is 11.4. The molecule has 19 nitrogen and oxygen atoms in total. The van der Waals surface area contributed by atoms with Crippen LogP contribution in [-0.2, 0) is 70.4 Å². The van der Waals surface area contributed by atoms with Gasteiger partial charge in [0.25, 0.3) is 17.7 Å². The van der Waals surface area contributed by atoms with Gasteiger partial charge in [0.1, 0.15) is 23.7 Å². The first-order valence-corrected chi connectivity index (χ1v) is 31.6. The molecule has 11 atom stereocenters. The summed E-state index contributed by atoms with van der Waals surface area (Å²) in [7, 11) is 0. The molecule has 0 spiro atoms. The van der Waals surface area contributed by atoms with Crippen molar-refractivity contribution in [2.24, 2.45) is 57.7 Å². The van der Waals surface area contributed by atoms with E-state index in [0.717, 1.165) is 37.0 Å². The molecule has 0 bridgehead atoms. The lowest BCUT2D eigenvalue weighted by molar-refractivity contribution is -0.157. The van der Waals surface area contributed by atoms with Crippen LogP contribution in [0.3, 0.4) is 0 Å². The Morgan fingerprint density at radius 2 is 1.36 bits per heavy atom. The molecule has 3 aliphatic carbocycles. The van der Waals surface area contributed by atoms with E-state index >= 15 is 0 Å². The van der Waals surface area contributed by atoms with Gasteiger partial charge in [0.05, 0.1) is 30.5 Å². The fourth-order valence-corrected chi connectivity index (χ4v) is 14.4. The van der Waals surface area contributed by atoms with Crippen LogP contribution in [-0.4, -0.2) is 110 Å². The molecule has 88 heavy (non-hydrogen) atoms. The molecule has 2 aromatic carbocycles. The Kier molecular flexibility index (Phi) is 22.0. The van der Waals surface area contributed by atoms with Gasteiger partial charge in [-0.05, 0) is 155 Å². The van der Waals surface area contributed by atoms with E-state index in [2.05, 4.69) is 50.6 Å². The van der Waals surface area contributed by atoms with E-state index in [-0.39, 0.29) is 78.7 Å². The van der Waals surface area contributed by atoms with Crippen molar-refractivity contribution in [2.45, 2.75) is 203 Å². The number of rotatable bonds is 26. The molecule has 0 aromatic heterocycles. The minimum absolute atomic E-state index is 0.0131. The number of unbranched alkanes of at least 4 members (excludes halogenated alkanes) is 2. The molecule has 7 rings (SSSR count). The van der Waals surface area contributed by atoms with Crippen LogP contribution in [0, 0.1) is 57.7 Å². The molecular weight excluding hydrogens is 1120 g/mol. The second-order valence-electron chi connectivity index (χ2n) is 28.4. The summed E-state index contributed by atoms with van der Waals surface area (Å²) >= 11 is 0. The van der Waals surface area contributed by atoms with Crippen molar-refractivity contribution in [2.75, 3.05) is 11.9 Å². The van der Waals surface area contributed by atoms with Crippen LogP contribution in [0.15, 0.2) is 72.8 Å². The monoisotopic (exact) mass is 1220 g/mol. The number of benzene rings is 2. The number of anilines is 1. The molecular formula is C69H93N5O14. The van der Waals surface area contributed by atoms with Crippen molar-refractivity contribution in [3.63, 3.8) is 0 Å². The maximum absolute atomic E-state index is 14.1. The SMILES string of the molecule is CC(C)[C@H](CC(=O)[C@H](Cc1ccc(O)cc1)NC(=O)CCCCCN1C(=O)C=CC1=O)C(=O)N[C@@H](C)C(=O)C[C@@H](CC(=O)OC(C)(C)C)C(=O)Nc1ccc(COC(=O)N2C(=O)C=C[C@]3(C)[C@H]4CC[C@]5(C)[C@@H](C(=O)CC(C)(C)C)CC[C@H]5[C@@H]4CC[C@@H]23)cc1. The summed E-state index contributed by atoms with van der Waals surface area (Å²) in [5.74, 6) is -5.76. The first-order valence-electron chi connectivity index (χ1n) is 31.6. The summed E-state index contributed by atoms with van der Waals surface area (Å²) in [4.78, 5) is 150. The molecule has 0 radical (unpaired) electrons. The van der Waals surface area contributed by atoms with Crippen LogP contribution in [0.2, 0.25) is 0 Å². The third kappa shape index (κ3) is 17.1. The molecule has 7 amide bonds. The number of phenols is 1. The molecule has 3 saturated carbocycles. The number of carbonyl (C=O) groups is 11. The lowest BCUT2D eigenvalue weighted by atomic mass is 9.47. The van der Waals surface area contributed by atoms with E-state index in [0.29, 0.717) is 66.5 Å². The maximum atomic E-state index is 14.1. The average Bonchev–Trinajstić information content (AvgIpc) is 1.26. The predicted molar refractivity (Wildman–Crippen MR) is 329 cm³/mol. The summed E-state index contributed by atoms with van der Waals surface area (Å²) in [5, 5.41) is 18.2. The van der Waals surface area contributed by atoms with Crippen molar-refractivity contribution in [3.05, 3.63) is 84.0 Å². The number of ketones is 3. The Balaban J connectivity index is 0.935. The molecule has 19 heteroatoms. The third-order valence-electron chi connectivity index (χ3n) is 19.1. The van der Waals surface area contributed by atoms with E-state index in [9.17, 15) is 57.8 Å². The summed E-state index contributed by atoms with van der Waals surface area (Å²) in [6.07, 6.45) is 11.3. The number of imide groups is 2. The first kappa shape index (κ1) is 68.2. The number of esters is 1. The number of nitrogens with zero attached hydrogens (tertiary/aromatic N) is 2. The highest BCUT2D eigenvalue weighted by Crippen LogP contribution is 2.66. The minimum atomic E-state index is -1.24. The number of ether oxygens (including phenoxy) is 2. The van der Waals surface area contributed by atoms with Gasteiger partial charge in [-0.2, -0.15) is 0 Å². The molecule has 478 valence electrons. The Hall–Kier alpha value is -7.31. The number of phenolic OH excluding ortho intramolecular Hbond substituents is 1. The van der Waals surface area contributed by atoms with E-state index in [1.807, 2.05) is 6.08 Å². The zero-order chi connectivity index (χ0) is 64.6. The van der Waals surface area contributed by atoms with Gasteiger partial charge in [0.15, 0.2) is 11.6 Å². The van der Waals surface area contributed by atoms with Crippen molar-refractivity contribution in [3.8, 4) is 5.75 Å². The molecule has 0 unspecified atom stereocenters. The molecule has 2 aromatic rings. The van der Waals surface area contributed by atoms with Crippen molar-refractivity contribution in [1.29, 1.82) is 0 Å². The van der Waals surface area contributed by atoms with E-state index < -0.39 is 101 Å². The standard InChI is InChI=1S/C69H93N5O14/c1-41(2)49(38-55(77)53(35-43-18-22-47(75)23-19-43)72-58(79)15-13-12-14-34-73-59(80)28-29-60(73)81)64(85)70-42(3)54(76)36-45(37-62(83)88-67(7,8)9)63(84)71-46-20-16-44(17-21-46)40-87-65(86)74-57-27-24-48-50-25-26-52(56(78)39-66(4,5)6)68(50,10)32-30-51(48)69(57,11)33-31-61(74)82/h16-23,28-29,31,33,41-42,45,48-53,57,75H,12-15,24-27,30,32,34-40H2,1-11H3,(H,70,85)(H,71,84)(H,72,79)/t42-,45-,48-,49-,50-,51-,52+,53-,57+,68-,69+/m0/s1. The van der Waals surface area contributed by atoms with Gasteiger partial charge in [0.2, 0.25) is 17.7 Å². The first-order chi connectivity index (χ1) is 41.3. The quantitative estimate of drug-likeness (QED) is 0.0388. The number of fused-ring (bicyclic) bond motifs is 5. The number of aromatic hydroxyl groups is 1. The molecule has 0 saturated heterocycles. The average molecular weight is 1220 g/mol. The van der Waals surface area contributed by atoms with Crippen molar-refractivity contribution < 1.29 is 67.3 Å². The summed E-state index contributed by atoms with van der Waals surface area (Å²) in [6.45, 7) is 20.9. The zero-order valence-electron chi connectivity index (χ0n) is 53.4. The third-order valence-corrected chi connectivity index (χ3v) is 19.1. The molecule has 2 aliphatic heterocycles. The number of hydrogen-bond acceptors (Lipinski definition) is 14. The van der Waals surface area contributed by atoms with Gasteiger partial charge >= 0.3 is 12.1 Å². The van der Waals surface area contributed by atoms with Crippen molar-refractivity contribution in [1.82, 2.24) is 20.4 Å². The van der Waals surface area contributed by atoms with Gasteiger partial charge in [-0.25, -0.2) is 9.69 Å². The Labute approximate surface area is 518 Å². The Bertz CT molecular complexity index is 3010. The maximum Gasteiger partial charge on any atom is 0.417 e. The fourth-order valence-electron chi connectivity index (χ4n) is 14.4. The highest BCUT2D eigenvalue weighted by atomic mass is 16.6. The smallest absolute Gasteiger partial charge is 0.417 e. The number of amides is 7. The van der Waals surface area contributed by atoms with Crippen LogP contribution in [0.4, 0.5) is 10.5 Å². The number of hydrogen-bond donors (Lipinski definition) is 4. The van der Waals surface area contributed by atoms with Gasteiger partial charge in [-0.1, -0.05) is 85.2 Å². The number of carbonyl (C=O) groups excluding carboxylic acids is 11. The van der Waals surface area contributed by atoms with Gasteiger partial charge in [0, 0.05) is 73.4 Å². The van der Waals surface area contributed by atoms with E-state index in [1.165, 1.54) is 42.2 Å². The lowest BCUT2D eigenvalue weighted by Crippen LogP contribution is -2.62. The second kappa shape index (κ2) is 28.5. The van der Waals surface area contributed by atoms with Crippen molar-refractivity contribution >= 4 is 70.5 Å². The van der Waals surface area contributed by atoms with E-state index in [1.54, 1.807) is 71.0 Å². The van der Waals surface area contributed by atoms with Crippen LogP contribution >= 0.6 is 0 Å². The normalized spacial score (nSPS) is 24.5. The lowest BCUT2D eigenvalue weighted by Gasteiger charge is -2.60. The van der Waals surface area contributed by atoms with Gasteiger partial charge in [-0.3, -0.25) is 52.8 Å². The van der Waals surface area contributed by atoms with Crippen LogP contribution in [0.1, 0.15) is 177 Å². The summed E-state index contributed by atoms with van der Waals surface area (Å²) in [6, 6.07) is 10.0. The molecule has 4 N–H and O–H groups in total. The van der Waals surface area contributed by atoms with Crippen LogP contribution in [0.5, 0.6) is 5.75 Å². The highest BCUT2D eigenvalue weighted by molar-refractivity contribution is 6.13. The van der Waals surface area contributed by atoms with Gasteiger partial charge < -0.3 is 30.5 Å². The van der Waals surface area contributed by atoms with Crippen LogP contribution in [0.25, 0.3) is 0 Å². The molecule has 3 fully saturated rings. The van der Waals surface area contributed by atoms with Gasteiger partial charge in [-0.15, -0.1) is 0 Å². The highest BCUT2D eigenvalue weighted by Gasteiger charge is 2.62. The minimum Gasteiger partial charge on any atom is -0.508 e. The van der Waals surface area contributed by atoms with Crippen LogP contribution < -0.4 is 16.0 Å².